The van der Waals surface area contributed by atoms with Crippen molar-refractivity contribution in [3.05, 3.63) is 16.1 Å². The van der Waals surface area contributed by atoms with Crippen LogP contribution in [0.15, 0.2) is 6.07 Å². The van der Waals surface area contributed by atoms with E-state index in [-0.39, 0.29) is 0 Å². The van der Waals surface area contributed by atoms with Gasteiger partial charge in [-0.1, -0.05) is 23.2 Å². The quantitative estimate of drug-likeness (QED) is 0.682. The van der Waals surface area contributed by atoms with E-state index >= 15 is 0 Å². The molecule has 0 fully saturated rings. The van der Waals surface area contributed by atoms with E-state index in [9.17, 15) is 0 Å². The Bertz CT molecular complexity index is 354. The van der Waals surface area contributed by atoms with E-state index in [1.165, 1.54) is 0 Å². The van der Waals surface area contributed by atoms with Crippen LogP contribution in [0.2, 0.25) is 10.0 Å². The molecule has 5 heteroatoms. The monoisotopic (exact) mass is 219 g/mol. The zero-order valence-corrected chi connectivity index (χ0v) is 8.15. The van der Waals surface area contributed by atoms with Gasteiger partial charge in [-0.25, -0.2) is 0 Å². The van der Waals surface area contributed by atoms with Crippen molar-refractivity contribution < 1.29 is 9.47 Å². The van der Waals surface area contributed by atoms with Crippen LogP contribution in [0, 0.1) is 0 Å². The van der Waals surface area contributed by atoms with Crippen molar-refractivity contribution in [2.75, 3.05) is 18.9 Å². The lowest BCUT2D eigenvalue weighted by atomic mass is 10.2. The second-order valence-electron chi connectivity index (χ2n) is 2.61. The summed E-state index contributed by atoms with van der Waals surface area (Å²) >= 11 is 11.7. The number of nitrogen functional groups attached to an aromatic ring is 1. The summed E-state index contributed by atoms with van der Waals surface area (Å²) in [5.74, 6) is 1.03. The molecule has 0 atom stereocenters. The lowest BCUT2D eigenvalue weighted by Crippen LogP contribution is -2.16. The molecule has 0 aromatic heterocycles. The molecule has 0 spiro atoms. The molecule has 2 rings (SSSR count). The van der Waals surface area contributed by atoms with Gasteiger partial charge in [0.05, 0.1) is 10.7 Å². The minimum atomic E-state index is 0.321. The van der Waals surface area contributed by atoms with Gasteiger partial charge in [-0.2, -0.15) is 0 Å². The van der Waals surface area contributed by atoms with Crippen molar-refractivity contribution >= 4 is 28.9 Å². The van der Waals surface area contributed by atoms with E-state index in [1.807, 2.05) is 0 Å². The number of fused-ring (bicyclic) bond motifs is 1. The fourth-order valence-electron chi connectivity index (χ4n) is 1.13. The fraction of sp³-hybridized carbons (Fsp3) is 0.250. The molecule has 0 saturated heterocycles. The third kappa shape index (κ3) is 1.38. The van der Waals surface area contributed by atoms with E-state index < -0.39 is 0 Å². The molecular weight excluding hydrogens is 213 g/mol. The Morgan fingerprint density at radius 2 is 1.92 bits per heavy atom. The SMILES string of the molecule is Nc1c(Cl)cc2c(c1Cl)OCCO2. The van der Waals surface area contributed by atoms with Crippen LogP contribution < -0.4 is 15.2 Å². The first-order chi connectivity index (χ1) is 6.20. The Balaban J connectivity index is 2.60. The van der Waals surface area contributed by atoms with Crippen LogP contribution in [0.4, 0.5) is 5.69 Å². The maximum atomic E-state index is 5.90. The van der Waals surface area contributed by atoms with Crippen molar-refractivity contribution in [3.8, 4) is 11.5 Å². The second kappa shape index (κ2) is 3.16. The summed E-state index contributed by atoms with van der Waals surface area (Å²) < 4.78 is 10.6. The molecule has 1 heterocycles. The third-order valence-electron chi connectivity index (χ3n) is 1.76. The zero-order valence-electron chi connectivity index (χ0n) is 6.64. The Morgan fingerprint density at radius 1 is 1.23 bits per heavy atom. The number of halogens is 2. The van der Waals surface area contributed by atoms with Crippen molar-refractivity contribution in [1.29, 1.82) is 0 Å². The van der Waals surface area contributed by atoms with Crippen molar-refractivity contribution in [2.24, 2.45) is 0 Å². The van der Waals surface area contributed by atoms with E-state index in [0.29, 0.717) is 40.4 Å². The molecule has 2 N–H and O–H groups in total. The molecule has 1 aliphatic heterocycles. The molecule has 1 aromatic rings. The highest BCUT2D eigenvalue weighted by atomic mass is 35.5. The molecular formula is C8H7Cl2NO2. The van der Waals surface area contributed by atoms with Gasteiger partial charge in [-0.05, 0) is 0 Å². The van der Waals surface area contributed by atoms with Gasteiger partial charge in [0.2, 0.25) is 0 Å². The first-order valence-corrected chi connectivity index (χ1v) is 4.49. The van der Waals surface area contributed by atoms with E-state index in [1.54, 1.807) is 6.07 Å². The van der Waals surface area contributed by atoms with E-state index in [4.69, 9.17) is 38.4 Å². The summed E-state index contributed by atoms with van der Waals surface area (Å²) in [6, 6.07) is 1.61. The van der Waals surface area contributed by atoms with Crippen LogP contribution in [0.5, 0.6) is 11.5 Å². The van der Waals surface area contributed by atoms with E-state index in [2.05, 4.69) is 0 Å². The number of benzene rings is 1. The van der Waals surface area contributed by atoms with Gasteiger partial charge < -0.3 is 15.2 Å². The van der Waals surface area contributed by atoms with Crippen molar-refractivity contribution in [2.45, 2.75) is 0 Å². The van der Waals surface area contributed by atoms with Gasteiger partial charge >= 0.3 is 0 Å². The summed E-state index contributed by atoms with van der Waals surface area (Å²) in [5, 5.41) is 0.705. The molecule has 13 heavy (non-hydrogen) atoms. The Kier molecular flexibility index (Phi) is 2.14. The lowest BCUT2D eigenvalue weighted by molar-refractivity contribution is 0.172. The molecule has 0 aliphatic carbocycles. The maximum Gasteiger partial charge on any atom is 0.182 e. The first kappa shape index (κ1) is 8.78. The van der Waals surface area contributed by atoms with Gasteiger partial charge in [0.1, 0.15) is 18.2 Å². The average molecular weight is 220 g/mol. The number of nitrogens with two attached hydrogens (primary N) is 1. The molecule has 0 amide bonds. The number of rotatable bonds is 0. The van der Waals surface area contributed by atoms with Gasteiger partial charge in [0.15, 0.2) is 11.5 Å². The summed E-state index contributed by atoms with van der Waals surface area (Å²) in [6.45, 7) is 0.984. The Labute approximate surface area is 85.3 Å². The summed E-state index contributed by atoms with van der Waals surface area (Å²) in [5.41, 5.74) is 5.93. The minimum Gasteiger partial charge on any atom is -0.486 e. The smallest absolute Gasteiger partial charge is 0.182 e. The van der Waals surface area contributed by atoms with Gasteiger partial charge in [-0.15, -0.1) is 0 Å². The molecule has 3 nitrogen and oxygen atoms in total. The van der Waals surface area contributed by atoms with Gasteiger partial charge in [0, 0.05) is 6.07 Å². The predicted octanol–water partition coefficient (Wildman–Crippen LogP) is 2.35. The van der Waals surface area contributed by atoms with Crippen LogP contribution in [0.1, 0.15) is 0 Å². The summed E-state index contributed by atoms with van der Waals surface area (Å²) in [4.78, 5) is 0. The van der Waals surface area contributed by atoms with Crippen molar-refractivity contribution in [1.82, 2.24) is 0 Å². The number of ether oxygens (including phenoxy) is 2. The van der Waals surface area contributed by atoms with Crippen molar-refractivity contribution in [3.63, 3.8) is 0 Å². The number of hydrogen-bond acceptors (Lipinski definition) is 3. The van der Waals surface area contributed by atoms with Crippen LogP contribution in [0.25, 0.3) is 0 Å². The zero-order chi connectivity index (χ0) is 9.42. The Morgan fingerprint density at radius 3 is 2.69 bits per heavy atom. The lowest BCUT2D eigenvalue weighted by Gasteiger charge is -2.20. The maximum absolute atomic E-state index is 5.90. The summed E-state index contributed by atoms with van der Waals surface area (Å²) in [7, 11) is 0. The Hall–Kier alpha value is -0.800. The van der Waals surface area contributed by atoms with Crippen LogP contribution >= 0.6 is 23.2 Å². The molecule has 1 aliphatic rings. The van der Waals surface area contributed by atoms with Gasteiger partial charge in [-0.3, -0.25) is 0 Å². The highest BCUT2D eigenvalue weighted by Crippen LogP contribution is 2.44. The standard InChI is InChI=1S/C8H7Cl2NO2/c9-4-3-5-8(6(10)7(4)11)13-2-1-12-5/h3H,1-2,11H2. The molecule has 0 radical (unpaired) electrons. The minimum absolute atomic E-state index is 0.321. The third-order valence-corrected chi connectivity index (χ3v) is 2.45. The number of hydrogen-bond donors (Lipinski definition) is 1. The highest BCUT2D eigenvalue weighted by Gasteiger charge is 2.19. The molecule has 70 valence electrons. The summed E-state index contributed by atoms with van der Waals surface area (Å²) in [6.07, 6.45) is 0. The van der Waals surface area contributed by atoms with Crippen LogP contribution in [-0.2, 0) is 0 Å². The number of anilines is 1. The molecule has 0 unspecified atom stereocenters. The average Bonchev–Trinajstić information content (AvgIpc) is 2.15. The largest absolute Gasteiger partial charge is 0.486 e. The fourth-order valence-corrected chi connectivity index (χ4v) is 1.62. The topological polar surface area (TPSA) is 44.5 Å². The van der Waals surface area contributed by atoms with Crippen LogP contribution in [-0.4, -0.2) is 13.2 Å². The first-order valence-electron chi connectivity index (χ1n) is 3.73. The predicted molar refractivity (Wildman–Crippen MR) is 51.9 cm³/mol. The van der Waals surface area contributed by atoms with E-state index in [0.717, 1.165) is 0 Å². The molecule has 0 bridgehead atoms. The normalized spacial score (nSPS) is 14.3. The second-order valence-corrected chi connectivity index (χ2v) is 3.40. The van der Waals surface area contributed by atoms with Crippen LogP contribution in [0.3, 0.4) is 0 Å². The highest BCUT2D eigenvalue weighted by molar-refractivity contribution is 6.40. The molecule has 0 saturated carbocycles. The van der Waals surface area contributed by atoms with Gasteiger partial charge in [0.25, 0.3) is 0 Å². The molecule has 1 aromatic carbocycles.